The molecular weight excluding hydrogens is 556 g/mol. The largest absolute Gasteiger partial charge is 0.379 e. The summed E-state index contributed by atoms with van der Waals surface area (Å²) < 4.78 is 0. The lowest BCUT2D eigenvalue weighted by atomic mass is 10.0. The van der Waals surface area contributed by atoms with E-state index >= 15 is 0 Å². The van der Waals surface area contributed by atoms with Crippen molar-refractivity contribution in [3.05, 3.63) is 96.1 Å². The van der Waals surface area contributed by atoms with E-state index in [-0.39, 0.29) is 24.3 Å². The third-order valence-corrected chi connectivity index (χ3v) is 6.64. The van der Waals surface area contributed by atoms with Gasteiger partial charge in [0.05, 0.1) is 0 Å². The fourth-order valence-corrected chi connectivity index (χ4v) is 4.17. The van der Waals surface area contributed by atoms with Crippen molar-refractivity contribution in [2.45, 2.75) is 51.1 Å². The van der Waals surface area contributed by atoms with Gasteiger partial charge in [-0.3, -0.25) is 19.2 Å². The highest BCUT2D eigenvalue weighted by Gasteiger charge is 2.28. The molecule has 0 aromatic heterocycles. The molecule has 234 valence electrons. The number of amides is 4. The summed E-state index contributed by atoms with van der Waals surface area (Å²) in [6, 6.07) is 22.7. The van der Waals surface area contributed by atoms with Crippen molar-refractivity contribution >= 4 is 40.2 Å². The predicted octanol–water partition coefficient (Wildman–Crippen LogP) is 2.97. The standard InChI is InChI=1S/C27H30N4O3.C7H14N2O/c1-30(2)27(34)25(28)29-26(33)23(18-19-9-5-4-6-10-19)31(3)24(32)16-14-20-13-15-21-11-7-8-12-22(21)17-20;1-7(2,9)5-3-4-6(8)10/h4-13,15,17,23H,14,16,18H2,1-3H3,(H2,28,29,33);3-4H,5,9H2,1-2H3,(H2,8,10)/b;4-3+. The lowest BCUT2D eigenvalue weighted by molar-refractivity contribution is -0.137. The molecule has 0 heterocycles. The Morgan fingerprint density at radius 3 is 2.07 bits per heavy atom. The number of aryl methyl sites for hydroxylation is 1. The fourth-order valence-electron chi connectivity index (χ4n) is 4.17. The van der Waals surface area contributed by atoms with Crippen LogP contribution in [0.2, 0.25) is 0 Å². The average molecular weight is 601 g/mol. The first-order valence-electron chi connectivity index (χ1n) is 14.3. The average Bonchev–Trinajstić information content (AvgIpc) is 2.97. The van der Waals surface area contributed by atoms with E-state index in [0.717, 1.165) is 21.9 Å². The summed E-state index contributed by atoms with van der Waals surface area (Å²) in [5.41, 5.74) is 17.9. The number of rotatable bonds is 10. The van der Waals surface area contributed by atoms with Gasteiger partial charge in [0.1, 0.15) is 6.04 Å². The van der Waals surface area contributed by atoms with E-state index in [2.05, 4.69) is 11.1 Å². The van der Waals surface area contributed by atoms with Crippen LogP contribution in [0.3, 0.4) is 0 Å². The molecule has 0 saturated carbocycles. The van der Waals surface area contributed by atoms with Crippen molar-refractivity contribution in [2.24, 2.45) is 22.2 Å². The molecule has 10 heteroatoms. The monoisotopic (exact) mass is 600 g/mol. The van der Waals surface area contributed by atoms with Crippen LogP contribution in [0, 0.1) is 0 Å². The van der Waals surface area contributed by atoms with Gasteiger partial charge in [0, 0.05) is 39.5 Å². The minimum absolute atomic E-state index is 0.185. The van der Waals surface area contributed by atoms with Crippen LogP contribution in [0.4, 0.5) is 0 Å². The Morgan fingerprint density at radius 2 is 1.48 bits per heavy atom. The first-order chi connectivity index (χ1) is 20.7. The van der Waals surface area contributed by atoms with Crippen molar-refractivity contribution in [3.63, 3.8) is 0 Å². The smallest absolute Gasteiger partial charge is 0.288 e. The number of hydrogen-bond donors (Lipinski definition) is 3. The molecule has 1 atom stereocenters. The van der Waals surface area contributed by atoms with Gasteiger partial charge in [-0.2, -0.15) is 4.99 Å². The quantitative estimate of drug-likeness (QED) is 0.184. The van der Waals surface area contributed by atoms with Gasteiger partial charge in [0.2, 0.25) is 11.8 Å². The summed E-state index contributed by atoms with van der Waals surface area (Å²) in [4.78, 5) is 54.8. The number of benzene rings is 3. The van der Waals surface area contributed by atoms with Crippen LogP contribution in [0.5, 0.6) is 0 Å². The molecule has 0 aliphatic rings. The van der Waals surface area contributed by atoms with Gasteiger partial charge < -0.3 is 27.0 Å². The molecule has 3 rings (SSSR count). The molecule has 1 unspecified atom stereocenters. The van der Waals surface area contributed by atoms with Gasteiger partial charge in [-0.15, -0.1) is 0 Å². The van der Waals surface area contributed by atoms with E-state index in [1.807, 2.05) is 80.6 Å². The molecular formula is C34H44N6O4. The van der Waals surface area contributed by atoms with Gasteiger partial charge in [-0.1, -0.05) is 78.9 Å². The predicted molar refractivity (Wildman–Crippen MR) is 176 cm³/mol. The van der Waals surface area contributed by atoms with Crippen LogP contribution in [0.25, 0.3) is 10.8 Å². The number of likely N-dealkylation sites (N-methyl/N-ethyl adjacent to an activating group) is 2. The normalized spacial score (nSPS) is 12.3. The number of nitrogens with zero attached hydrogens (tertiary/aromatic N) is 3. The molecule has 3 aromatic carbocycles. The highest BCUT2D eigenvalue weighted by Crippen LogP contribution is 2.18. The molecule has 0 aliphatic carbocycles. The Bertz CT molecular complexity index is 1490. The zero-order valence-corrected chi connectivity index (χ0v) is 26.2. The molecule has 3 aromatic rings. The third kappa shape index (κ3) is 12.2. The van der Waals surface area contributed by atoms with Gasteiger partial charge in [-0.05, 0) is 54.7 Å². The van der Waals surface area contributed by atoms with E-state index in [1.54, 1.807) is 13.1 Å². The topological polar surface area (TPSA) is 165 Å². The number of aliphatic imine (C=N–C) groups is 1. The van der Waals surface area contributed by atoms with Crippen LogP contribution >= 0.6 is 0 Å². The zero-order valence-electron chi connectivity index (χ0n) is 26.2. The number of amidine groups is 1. The number of fused-ring (bicyclic) bond motifs is 1. The van der Waals surface area contributed by atoms with Gasteiger partial charge in [0.15, 0.2) is 5.84 Å². The SMILES string of the molecule is CC(C)(N)C/C=C/C(N)=O.CN(C)C(=O)C(N)=NC(=O)C(Cc1ccccc1)N(C)C(=O)CCc1ccc2ccccc2c1. The van der Waals surface area contributed by atoms with Crippen LogP contribution in [0.15, 0.2) is 89.9 Å². The first-order valence-corrected chi connectivity index (χ1v) is 14.3. The number of nitrogens with two attached hydrogens (primary N) is 3. The number of hydrogen-bond acceptors (Lipinski definition) is 5. The molecule has 44 heavy (non-hydrogen) atoms. The Kier molecular flexibility index (Phi) is 13.4. The minimum atomic E-state index is -0.875. The van der Waals surface area contributed by atoms with Crippen molar-refractivity contribution in [1.29, 1.82) is 0 Å². The molecule has 10 nitrogen and oxygen atoms in total. The minimum Gasteiger partial charge on any atom is -0.379 e. The summed E-state index contributed by atoms with van der Waals surface area (Å²) in [5, 5.41) is 2.26. The Balaban J connectivity index is 0.000000580. The summed E-state index contributed by atoms with van der Waals surface area (Å²) in [5.74, 6) is -2.19. The molecule has 0 aliphatic heterocycles. The second-order valence-electron chi connectivity index (χ2n) is 11.4. The van der Waals surface area contributed by atoms with Crippen molar-refractivity contribution in [3.8, 4) is 0 Å². The van der Waals surface area contributed by atoms with E-state index in [1.165, 1.54) is 30.0 Å². The Labute approximate surface area is 259 Å². The van der Waals surface area contributed by atoms with Gasteiger partial charge in [-0.25, -0.2) is 0 Å². The Hall–Kier alpha value is -4.83. The number of carbonyl (C=O) groups excluding carboxylic acids is 4. The van der Waals surface area contributed by atoms with E-state index in [4.69, 9.17) is 17.2 Å². The second-order valence-corrected chi connectivity index (χ2v) is 11.4. The number of primary amides is 1. The first kappa shape index (κ1) is 35.4. The molecule has 4 amide bonds. The summed E-state index contributed by atoms with van der Waals surface area (Å²) in [7, 11) is 4.64. The summed E-state index contributed by atoms with van der Waals surface area (Å²) in [6.07, 6.45) is 4.73. The van der Waals surface area contributed by atoms with Gasteiger partial charge in [0.25, 0.3) is 11.8 Å². The maximum atomic E-state index is 13.1. The van der Waals surface area contributed by atoms with Crippen LogP contribution in [-0.4, -0.2) is 72.0 Å². The van der Waals surface area contributed by atoms with E-state index < -0.39 is 29.6 Å². The van der Waals surface area contributed by atoms with Crippen molar-refractivity contribution < 1.29 is 19.2 Å². The molecule has 0 bridgehead atoms. The molecule has 0 radical (unpaired) electrons. The van der Waals surface area contributed by atoms with Crippen LogP contribution in [-0.2, 0) is 32.0 Å². The molecule has 0 fully saturated rings. The molecule has 0 spiro atoms. The zero-order chi connectivity index (χ0) is 32.9. The summed E-state index contributed by atoms with van der Waals surface area (Å²) in [6.45, 7) is 3.77. The van der Waals surface area contributed by atoms with Gasteiger partial charge >= 0.3 is 0 Å². The summed E-state index contributed by atoms with van der Waals surface area (Å²) >= 11 is 0. The molecule has 0 saturated heterocycles. The number of carbonyl (C=O) groups is 4. The van der Waals surface area contributed by atoms with Crippen LogP contribution in [0.1, 0.15) is 37.8 Å². The lowest BCUT2D eigenvalue weighted by Gasteiger charge is -2.26. The fraction of sp³-hybridized carbons (Fsp3) is 0.324. The second kappa shape index (κ2) is 16.7. The maximum absolute atomic E-state index is 13.1. The van der Waals surface area contributed by atoms with Crippen molar-refractivity contribution in [1.82, 2.24) is 9.80 Å². The Morgan fingerprint density at radius 1 is 0.864 bits per heavy atom. The van der Waals surface area contributed by atoms with Crippen molar-refractivity contribution in [2.75, 3.05) is 21.1 Å². The maximum Gasteiger partial charge on any atom is 0.288 e. The molecule has 6 N–H and O–H groups in total. The highest BCUT2D eigenvalue weighted by molar-refractivity contribution is 6.38. The van der Waals surface area contributed by atoms with E-state index in [9.17, 15) is 19.2 Å². The highest BCUT2D eigenvalue weighted by atomic mass is 16.2. The third-order valence-electron chi connectivity index (χ3n) is 6.64. The van der Waals surface area contributed by atoms with E-state index in [0.29, 0.717) is 12.8 Å². The lowest BCUT2D eigenvalue weighted by Crippen LogP contribution is -2.45. The van der Waals surface area contributed by atoms with Crippen LogP contribution < -0.4 is 17.2 Å².